The van der Waals surface area contributed by atoms with E-state index in [4.69, 9.17) is 21.1 Å². The lowest BCUT2D eigenvalue weighted by molar-refractivity contribution is -0.133. The average Bonchev–Trinajstić information content (AvgIpc) is 3.05. The SMILES string of the molecule is COc1ccc([C@]2(C)NC(=O)N(CC(=O)Nc3ccc(Oc4ccccc4Cl)cc3)C2=O)cc1. The molecular weight excluding hydrogens is 458 g/mol. The van der Waals surface area contributed by atoms with Gasteiger partial charge in [-0.3, -0.25) is 14.5 Å². The van der Waals surface area contributed by atoms with Crippen LogP contribution in [0.25, 0.3) is 0 Å². The Morgan fingerprint density at radius 1 is 1.00 bits per heavy atom. The molecule has 34 heavy (non-hydrogen) atoms. The van der Waals surface area contributed by atoms with Crippen LogP contribution in [0, 0.1) is 0 Å². The first-order chi connectivity index (χ1) is 16.3. The van der Waals surface area contributed by atoms with Gasteiger partial charge in [-0.15, -0.1) is 0 Å². The number of imide groups is 1. The van der Waals surface area contributed by atoms with Gasteiger partial charge in [-0.2, -0.15) is 0 Å². The molecule has 0 spiro atoms. The number of nitrogens with one attached hydrogen (secondary N) is 2. The second-order valence-corrected chi connectivity index (χ2v) is 8.19. The smallest absolute Gasteiger partial charge is 0.325 e. The summed E-state index contributed by atoms with van der Waals surface area (Å²) in [6.45, 7) is 1.18. The molecule has 0 aromatic heterocycles. The molecule has 174 valence electrons. The number of urea groups is 1. The Hall–Kier alpha value is -4.04. The van der Waals surface area contributed by atoms with Gasteiger partial charge in [0, 0.05) is 5.69 Å². The third-order valence-corrected chi connectivity index (χ3v) is 5.76. The van der Waals surface area contributed by atoms with Crippen molar-refractivity contribution in [3.05, 3.63) is 83.4 Å². The lowest BCUT2D eigenvalue weighted by atomic mass is 9.92. The van der Waals surface area contributed by atoms with Crippen molar-refractivity contribution in [2.24, 2.45) is 0 Å². The van der Waals surface area contributed by atoms with Crippen LogP contribution in [-0.2, 0) is 15.1 Å². The molecule has 0 bridgehead atoms. The highest BCUT2D eigenvalue weighted by atomic mass is 35.5. The Kier molecular flexibility index (Phi) is 6.43. The predicted molar refractivity (Wildman–Crippen MR) is 127 cm³/mol. The van der Waals surface area contributed by atoms with Crippen LogP contribution in [0.15, 0.2) is 72.8 Å². The van der Waals surface area contributed by atoms with Gasteiger partial charge in [0.2, 0.25) is 5.91 Å². The van der Waals surface area contributed by atoms with Crippen LogP contribution < -0.4 is 20.1 Å². The van der Waals surface area contributed by atoms with Gasteiger partial charge in [-0.05, 0) is 61.0 Å². The first kappa shape index (κ1) is 23.1. The minimum Gasteiger partial charge on any atom is -0.497 e. The quantitative estimate of drug-likeness (QED) is 0.485. The van der Waals surface area contributed by atoms with Gasteiger partial charge in [-0.25, -0.2) is 4.79 Å². The van der Waals surface area contributed by atoms with Crippen molar-refractivity contribution < 1.29 is 23.9 Å². The zero-order valence-electron chi connectivity index (χ0n) is 18.5. The molecule has 0 radical (unpaired) electrons. The standard InChI is InChI=1S/C25H22ClN3O5/c1-25(16-7-11-18(33-2)12-8-16)23(31)29(24(32)28-25)15-22(30)27-17-9-13-19(14-10-17)34-21-6-4-3-5-20(21)26/h3-14H,15H2,1-2H3,(H,27,30)(H,28,32)/t25-/m0/s1. The van der Waals surface area contributed by atoms with Gasteiger partial charge in [0.05, 0.1) is 12.1 Å². The minimum atomic E-state index is -1.28. The maximum absolute atomic E-state index is 13.0. The zero-order chi connectivity index (χ0) is 24.3. The topological polar surface area (TPSA) is 97.0 Å². The van der Waals surface area contributed by atoms with Crippen molar-refractivity contribution in [3.8, 4) is 17.2 Å². The number of rotatable bonds is 7. The van der Waals surface area contributed by atoms with E-state index >= 15 is 0 Å². The van der Waals surface area contributed by atoms with Crippen molar-refractivity contribution in [1.82, 2.24) is 10.2 Å². The fourth-order valence-electron chi connectivity index (χ4n) is 3.57. The van der Waals surface area contributed by atoms with Crippen LogP contribution in [0.5, 0.6) is 17.2 Å². The van der Waals surface area contributed by atoms with E-state index in [-0.39, 0.29) is 0 Å². The molecule has 0 aliphatic carbocycles. The lowest BCUT2D eigenvalue weighted by Crippen LogP contribution is -2.42. The summed E-state index contributed by atoms with van der Waals surface area (Å²) in [7, 11) is 1.54. The summed E-state index contributed by atoms with van der Waals surface area (Å²) in [6.07, 6.45) is 0. The van der Waals surface area contributed by atoms with E-state index in [0.717, 1.165) is 4.90 Å². The van der Waals surface area contributed by atoms with Crippen molar-refractivity contribution in [3.63, 3.8) is 0 Å². The number of nitrogens with zero attached hydrogens (tertiary/aromatic N) is 1. The maximum atomic E-state index is 13.0. The number of amides is 4. The number of carbonyl (C=O) groups excluding carboxylic acids is 3. The van der Waals surface area contributed by atoms with Gasteiger partial charge in [-0.1, -0.05) is 35.9 Å². The molecule has 8 nitrogen and oxygen atoms in total. The van der Waals surface area contributed by atoms with E-state index < -0.39 is 29.9 Å². The normalized spacial score (nSPS) is 17.3. The van der Waals surface area contributed by atoms with E-state index in [9.17, 15) is 14.4 Å². The number of hydrogen-bond donors (Lipinski definition) is 2. The molecule has 9 heteroatoms. The number of ether oxygens (including phenoxy) is 2. The molecule has 1 atom stereocenters. The van der Waals surface area contributed by atoms with Crippen molar-refractivity contribution in [1.29, 1.82) is 0 Å². The summed E-state index contributed by atoms with van der Waals surface area (Å²) in [5.74, 6) is 0.655. The molecule has 1 heterocycles. The van der Waals surface area contributed by atoms with Crippen LogP contribution in [0.1, 0.15) is 12.5 Å². The summed E-state index contributed by atoms with van der Waals surface area (Å²) in [5, 5.41) is 5.84. The molecule has 3 aromatic carbocycles. The Morgan fingerprint density at radius 2 is 1.65 bits per heavy atom. The Labute approximate surface area is 201 Å². The molecule has 0 unspecified atom stereocenters. The number of halogens is 1. The zero-order valence-corrected chi connectivity index (χ0v) is 19.3. The molecule has 0 saturated carbocycles. The summed E-state index contributed by atoms with van der Waals surface area (Å²) >= 11 is 6.10. The molecule has 4 amide bonds. The van der Waals surface area contributed by atoms with Crippen LogP contribution >= 0.6 is 11.6 Å². The molecule has 1 aliphatic rings. The highest BCUT2D eigenvalue weighted by Crippen LogP contribution is 2.31. The second-order valence-electron chi connectivity index (χ2n) is 7.78. The number of benzene rings is 3. The number of methoxy groups -OCH3 is 1. The first-order valence-electron chi connectivity index (χ1n) is 10.4. The van der Waals surface area contributed by atoms with E-state index in [2.05, 4.69) is 10.6 Å². The monoisotopic (exact) mass is 479 g/mol. The van der Waals surface area contributed by atoms with E-state index in [1.807, 2.05) is 6.07 Å². The molecular formula is C25H22ClN3O5. The van der Waals surface area contributed by atoms with E-state index in [0.29, 0.717) is 33.5 Å². The fraction of sp³-hybridized carbons (Fsp3) is 0.160. The summed E-state index contributed by atoms with van der Waals surface area (Å²) < 4.78 is 10.9. The largest absolute Gasteiger partial charge is 0.497 e. The van der Waals surface area contributed by atoms with Crippen LogP contribution in [-0.4, -0.2) is 36.4 Å². The molecule has 3 aromatic rings. The third kappa shape index (κ3) is 4.67. The maximum Gasteiger partial charge on any atom is 0.325 e. The van der Waals surface area contributed by atoms with Gasteiger partial charge < -0.3 is 20.1 Å². The van der Waals surface area contributed by atoms with Crippen molar-refractivity contribution >= 4 is 35.1 Å². The van der Waals surface area contributed by atoms with Gasteiger partial charge in [0.25, 0.3) is 5.91 Å². The first-order valence-corrected chi connectivity index (χ1v) is 10.8. The summed E-state index contributed by atoms with van der Waals surface area (Å²) in [6, 6.07) is 19.9. The van der Waals surface area contributed by atoms with Gasteiger partial charge in [0.1, 0.15) is 29.3 Å². The average molecular weight is 480 g/mol. The highest BCUT2D eigenvalue weighted by molar-refractivity contribution is 6.32. The minimum absolute atomic E-state index is 0.422. The number of carbonyl (C=O) groups is 3. The number of para-hydroxylation sites is 1. The van der Waals surface area contributed by atoms with Crippen LogP contribution in [0.3, 0.4) is 0 Å². The van der Waals surface area contributed by atoms with Crippen LogP contribution in [0.4, 0.5) is 10.5 Å². The third-order valence-electron chi connectivity index (χ3n) is 5.45. The number of hydrogen-bond acceptors (Lipinski definition) is 5. The summed E-state index contributed by atoms with van der Waals surface area (Å²) in [4.78, 5) is 39.0. The fourth-order valence-corrected chi connectivity index (χ4v) is 3.74. The van der Waals surface area contributed by atoms with Crippen molar-refractivity contribution in [2.75, 3.05) is 19.0 Å². The molecule has 4 rings (SSSR count). The van der Waals surface area contributed by atoms with Crippen LogP contribution in [0.2, 0.25) is 5.02 Å². The second kappa shape index (κ2) is 9.44. The lowest BCUT2D eigenvalue weighted by Gasteiger charge is -2.22. The molecule has 2 N–H and O–H groups in total. The number of anilines is 1. The van der Waals surface area contributed by atoms with Crippen molar-refractivity contribution in [2.45, 2.75) is 12.5 Å². The summed E-state index contributed by atoms with van der Waals surface area (Å²) in [5.41, 5.74) is -0.202. The highest BCUT2D eigenvalue weighted by Gasteiger charge is 2.49. The predicted octanol–water partition coefficient (Wildman–Crippen LogP) is 4.55. The van der Waals surface area contributed by atoms with E-state index in [1.165, 1.54) is 0 Å². The Balaban J connectivity index is 1.39. The van der Waals surface area contributed by atoms with Gasteiger partial charge >= 0.3 is 6.03 Å². The Morgan fingerprint density at radius 3 is 2.29 bits per heavy atom. The molecule has 1 saturated heterocycles. The molecule has 1 aliphatic heterocycles. The molecule has 1 fully saturated rings. The Bertz CT molecular complexity index is 1230. The van der Waals surface area contributed by atoms with E-state index in [1.54, 1.807) is 80.8 Å². The van der Waals surface area contributed by atoms with Gasteiger partial charge in [0.15, 0.2) is 0 Å².